The van der Waals surface area contributed by atoms with Crippen molar-refractivity contribution in [1.29, 1.82) is 0 Å². The van der Waals surface area contributed by atoms with E-state index in [1.165, 1.54) is 12.8 Å². The molecule has 1 N–H and O–H groups in total. The van der Waals surface area contributed by atoms with Crippen LogP contribution in [0.2, 0.25) is 0 Å². The number of benzene rings is 1. The number of pyridine rings is 1. The van der Waals surface area contributed by atoms with Crippen molar-refractivity contribution in [3.05, 3.63) is 36.0 Å². The number of piperidine rings is 3. The van der Waals surface area contributed by atoms with E-state index in [-0.39, 0.29) is 6.04 Å². The first kappa shape index (κ1) is 15.9. The molecule has 2 aromatic rings. The first-order valence-electron chi connectivity index (χ1n) is 9.06. The number of aliphatic hydroxyl groups excluding tert-OH is 1. The predicted molar refractivity (Wildman–Crippen MR) is 95.1 cm³/mol. The van der Waals surface area contributed by atoms with Gasteiger partial charge in [0.1, 0.15) is 5.75 Å². The zero-order valence-corrected chi connectivity index (χ0v) is 14.5. The molecule has 3 saturated heterocycles. The van der Waals surface area contributed by atoms with Crippen molar-refractivity contribution in [2.45, 2.75) is 38.3 Å². The predicted octanol–water partition coefficient (Wildman–Crippen LogP) is 3.40. The van der Waals surface area contributed by atoms with Gasteiger partial charge in [-0.1, -0.05) is 13.3 Å². The third-order valence-electron chi connectivity index (χ3n) is 6.13. The average molecular weight is 326 g/mol. The number of ether oxygens (including phenoxy) is 1. The number of hydrogen-bond donors (Lipinski definition) is 1. The Bertz CT molecular complexity index is 733. The number of aromatic nitrogens is 1. The molecular weight excluding hydrogens is 300 g/mol. The number of nitrogens with zero attached hydrogens (tertiary/aromatic N) is 2. The highest BCUT2D eigenvalue weighted by Crippen LogP contribution is 2.42. The van der Waals surface area contributed by atoms with Crippen LogP contribution in [0.15, 0.2) is 30.5 Å². The number of hydrogen-bond acceptors (Lipinski definition) is 4. The van der Waals surface area contributed by atoms with E-state index in [9.17, 15) is 5.11 Å². The molecular formula is C20H26N2O2. The van der Waals surface area contributed by atoms with E-state index in [1.54, 1.807) is 13.3 Å². The molecule has 3 aliphatic rings. The summed E-state index contributed by atoms with van der Waals surface area (Å²) in [5, 5.41) is 12.2. The zero-order chi connectivity index (χ0) is 16.7. The second-order valence-electron chi connectivity index (χ2n) is 7.24. The summed E-state index contributed by atoms with van der Waals surface area (Å²) in [5.41, 5.74) is 1.89. The zero-order valence-electron chi connectivity index (χ0n) is 14.5. The Morgan fingerprint density at radius 1 is 1.38 bits per heavy atom. The highest BCUT2D eigenvalue weighted by Gasteiger charge is 2.42. The van der Waals surface area contributed by atoms with Crippen LogP contribution in [0.5, 0.6) is 5.75 Å². The van der Waals surface area contributed by atoms with Gasteiger partial charge in [0, 0.05) is 24.2 Å². The van der Waals surface area contributed by atoms with Crippen LogP contribution in [0.1, 0.15) is 37.9 Å². The van der Waals surface area contributed by atoms with Gasteiger partial charge in [0.25, 0.3) is 0 Å². The van der Waals surface area contributed by atoms with E-state index in [2.05, 4.69) is 16.8 Å². The fourth-order valence-electron chi connectivity index (χ4n) is 4.71. The van der Waals surface area contributed by atoms with Crippen LogP contribution < -0.4 is 4.74 Å². The van der Waals surface area contributed by atoms with Gasteiger partial charge < -0.3 is 9.84 Å². The maximum Gasteiger partial charge on any atom is 0.119 e. The van der Waals surface area contributed by atoms with E-state index in [4.69, 9.17) is 4.74 Å². The Hall–Kier alpha value is -1.65. The highest BCUT2D eigenvalue weighted by molar-refractivity contribution is 5.83. The van der Waals surface area contributed by atoms with Crippen LogP contribution in [-0.4, -0.2) is 41.2 Å². The molecule has 3 aliphatic heterocycles. The monoisotopic (exact) mass is 326 g/mol. The van der Waals surface area contributed by atoms with Gasteiger partial charge in [0.2, 0.25) is 0 Å². The Labute approximate surface area is 143 Å². The molecule has 0 aliphatic carbocycles. The summed E-state index contributed by atoms with van der Waals surface area (Å²) >= 11 is 0. The minimum atomic E-state index is -0.469. The summed E-state index contributed by atoms with van der Waals surface area (Å²) in [6, 6.07) is 8.07. The first-order chi connectivity index (χ1) is 11.7. The molecule has 1 aromatic carbocycles. The lowest BCUT2D eigenvalue weighted by Gasteiger charge is -2.51. The van der Waals surface area contributed by atoms with Gasteiger partial charge in [0.05, 0.1) is 18.7 Å². The molecule has 0 saturated carbocycles. The Balaban J connectivity index is 1.68. The van der Waals surface area contributed by atoms with Crippen LogP contribution in [0.4, 0.5) is 0 Å². The molecule has 4 heterocycles. The van der Waals surface area contributed by atoms with Crippen LogP contribution >= 0.6 is 0 Å². The molecule has 4 nitrogen and oxygen atoms in total. The highest BCUT2D eigenvalue weighted by atomic mass is 16.5. The van der Waals surface area contributed by atoms with E-state index in [0.29, 0.717) is 0 Å². The lowest BCUT2D eigenvalue weighted by atomic mass is 9.72. The fourth-order valence-corrected chi connectivity index (χ4v) is 4.71. The van der Waals surface area contributed by atoms with Gasteiger partial charge in [-0.2, -0.15) is 0 Å². The molecule has 3 fully saturated rings. The van der Waals surface area contributed by atoms with Gasteiger partial charge in [0.15, 0.2) is 0 Å². The minimum absolute atomic E-state index is 0.225. The molecule has 1 unspecified atom stereocenters. The number of aliphatic hydroxyl groups is 1. The first-order valence-corrected chi connectivity index (χ1v) is 9.06. The van der Waals surface area contributed by atoms with Gasteiger partial charge in [-0.05, 0) is 61.1 Å². The molecule has 0 amide bonds. The van der Waals surface area contributed by atoms with Crippen molar-refractivity contribution in [3.8, 4) is 5.75 Å². The lowest BCUT2D eigenvalue weighted by Crippen LogP contribution is -2.55. The Morgan fingerprint density at radius 3 is 2.96 bits per heavy atom. The van der Waals surface area contributed by atoms with E-state index >= 15 is 0 Å². The number of methoxy groups -OCH3 is 1. The van der Waals surface area contributed by atoms with Gasteiger partial charge in [-0.3, -0.25) is 9.88 Å². The van der Waals surface area contributed by atoms with Crippen molar-refractivity contribution >= 4 is 10.9 Å². The van der Waals surface area contributed by atoms with Crippen LogP contribution in [0, 0.1) is 11.8 Å². The van der Waals surface area contributed by atoms with Crippen LogP contribution in [0.25, 0.3) is 10.9 Å². The number of rotatable bonds is 4. The van der Waals surface area contributed by atoms with E-state index in [1.807, 2.05) is 24.3 Å². The summed E-state index contributed by atoms with van der Waals surface area (Å²) in [4.78, 5) is 6.94. The molecule has 24 heavy (non-hydrogen) atoms. The minimum Gasteiger partial charge on any atom is -0.497 e. The third kappa shape index (κ3) is 2.58. The lowest BCUT2D eigenvalue weighted by molar-refractivity contribution is -0.0562. The van der Waals surface area contributed by atoms with Crippen molar-refractivity contribution in [1.82, 2.24) is 9.88 Å². The van der Waals surface area contributed by atoms with Gasteiger partial charge in [-0.25, -0.2) is 0 Å². The molecule has 128 valence electrons. The normalized spacial score (nSPS) is 30.5. The third-order valence-corrected chi connectivity index (χ3v) is 6.13. The van der Waals surface area contributed by atoms with Crippen molar-refractivity contribution in [2.75, 3.05) is 20.2 Å². The second kappa shape index (κ2) is 6.34. The largest absolute Gasteiger partial charge is 0.497 e. The number of fused-ring (bicyclic) bond motifs is 4. The standard InChI is InChI=1S/C20H26N2O2/c1-3-13-12-22-9-7-14(13)10-19(22)20(23)16-6-8-21-18-5-4-15(24-2)11-17(16)18/h4-6,8,11,13-14,19-20,23H,3,7,9-10,12H2,1-2H3/t13-,14-,19+,20-/m1/s1. The van der Waals surface area contributed by atoms with Crippen LogP contribution in [-0.2, 0) is 0 Å². The second-order valence-corrected chi connectivity index (χ2v) is 7.24. The summed E-state index contributed by atoms with van der Waals surface area (Å²) in [6.07, 6.45) is 4.97. The maximum absolute atomic E-state index is 11.2. The summed E-state index contributed by atoms with van der Waals surface area (Å²) in [5.74, 6) is 2.37. The molecule has 0 spiro atoms. The maximum atomic E-state index is 11.2. The van der Waals surface area contributed by atoms with Crippen molar-refractivity contribution in [2.24, 2.45) is 11.8 Å². The smallest absolute Gasteiger partial charge is 0.119 e. The van der Waals surface area contributed by atoms with Gasteiger partial charge >= 0.3 is 0 Å². The Kier molecular flexibility index (Phi) is 4.19. The Morgan fingerprint density at radius 2 is 2.25 bits per heavy atom. The molecule has 0 radical (unpaired) electrons. The molecule has 5 rings (SSSR count). The topological polar surface area (TPSA) is 45.6 Å². The van der Waals surface area contributed by atoms with Gasteiger partial charge in [-0.15, -0.1) is 0 Å². The summed E-state index contributed by atoms with van der Waals surface area (Å²) in [6.45, 7) is 4.55. The quantitative estimate of drug-likeness (QED) is 0.935. The van der Waals surface area contributed by atoms with Crippen LogP contribution in [0.3, 0.4) is 0 Å². The molecule has 1 aromatic heterocycles. The summed E-state index contributed by atoms with van der Waals surface area (Å²) in [7, 11) is 1.67. The van der Waals surface area contributed by atoms with E-state index < -0.39 is 6.10 Å². The molecule has 4 heteroatoms. The molecule has 2 bridgehead atoms. The molecule has 5 atom stereocenters. The summed E-state index contributed by atoms with van der Waals surface area (Å²) < 4.78 is 5.36. The fraction of sp³-hybridized carbons (Fsp3) is 0.550. The van der Waals surface area contributed by atoms with Crippen molar-refractivity contribution < 1.29 is 9.84 Å². The van der Waals surface area contributed by atoms with E-state index in [0.717, 1.165) is 53.6 Å². The van der Waals surface area contributed by atoms with Crippen molar-refractivity contribution in [3.63, 3.8) is 0 Å². The average Bonchev–Trinajstić information content (AvgIpc) is 2.66. The SMILES string of the molecule is CC[C@@H]1CN2CC[C@@H]1C[C@H]2[C@H](O)c1ccnc2ccc(OC)cc12.